The summed E-state index contributed by atoms with van der Waals surface area (Å²) >= 11 is 0. The van der Waals surface area contributed by atoms with Crippen molar-refractivity contribution in [3.05, 3.63) is 29.8 Å². The van der Waals surface area contributed by atoms with Gasteiger partial charge in [0.15, 0.2) is 0 Å². The molecule has 0 N–H and O–H groups in total. The second-order valence-corrected chi connectivity index (χ2v) is 7.00. The van der Waals surface area contributed by atoms with E-state index in [2.05, 4.69) is 0 Å². The summed E-state index contributed by atoms with van der Waals surface area (Å²) in [6.45, 7) is 2.01. The summed E-state index contributed by atoms with van der Waals surface area (Å²) in [7, 11) is 1.61. The van der Waals surface area contributed by atoms with Gasteiger partial charge in [0.2, 0.25) is 15.0 Å². The van der Waals surface area contributed by atoms with Gasteiger partial charge in [0.1, 0.15) is 5.25 Å². The number of benzene rings is 1. The summed E-state index contributed by atoms with van der Waals surface area (Å²) < 4.78 is 22.5. The van der Waals surface area contributed by atoms with Crippen molar-refractivity contribution in [2.45, 2.75) is 18.6 Å². The maximum atomic E-state index is 11.8. The molecule has 1 fully saturated rings. The predicted molar refractivity (Wildman–Crippen MR) is 66.7 cm³/mol. The molecule has 2 rings (SSSR count). The Morgan fingerprint density at radius 2 is 2.00 bits per heavy atom. The summed E-state index contributed by atoms with van der Waals surface area (Å²) in [6.07, 6.45) is -0.0415. The van der Waals surface area contributed by atoms with E-state index in [0.29, 0.717) is 0 Å². The molecule has 1 aliphatic rings. The number of carbonyl (C=O) groups is 1. The third-order valence-electron chi connectivity index (χ3n) is 2.89. The standard InChI is InChI=1S/C11H12ClNO3S/c1-8-4-2-3-5-10(8)13-7-9(6-11(13)14)17(12,15)16/h2-5,9H,6-7H2,1H3. The van der Waals surface area contributed by atoms with E-state index in [1.165, 1.54) is 4.90 Å². The number of amides is 1. The van der Waals surface area contributed by atoms with Crippen LogP contribution < -0.4 is 4.90 Å². The van der Waals surface area contributed by atoms with Gasteiger partial charge in [0.25, 0.3) is 0 Å². The van der Waals surface area contributed by atoms with Crippen LogP contribution in [0.2, 0.25) is 0 Å². The number of nitrogens with zero attached hydrogens (tertiary/aromatic N) is 1. The van der Waals surface area contributed by atoms with E-state index >= 15 is 0 Å². The molecule has 6 heteroatoms. The van der Waals surface area contributed by atoms with E-state index in [1.807, 2.05) is 25.1 Å². The number of hydrogen-bond acceptors (Lipinski definition) is 3. The zero-order chi connectivity index (χ0) is 12.6. The lowest BCUT2D eigenvalue weighted by Gasteiger charge is -2.18. The fourth-order valence-electron chi connectivity index (χ4n) is 1.96. The fraction of sp³-hybridized carbons (Fsp3) is 0.364. The molecule has 4 nitrogen and oxygen atoms in total. The van der Waals surface area contributed by atoms with Gasteiger partial charge in [0.05, 0.1) is 0 Å². The van der Waals surface area contributed by atoms with Gasteiger partial charge < -0.3 is 4.90 Å². The van der Waals surface area contributed by atoms with Crippen LogP contribution in [0.3, 0.4) is 0 Å². The maximum Gasteiger partial charge on any atom is 0.237 e. The van der Waals surface area contributed by atoms with E-state index < -0.39 is 14.3 Å². The molecular formula is C11H12ClNO3S. The van der Waals surface area contributed by atoms with Crippen molar-refractivity contribution in [1.29, 1.82) is 0 Å². The van der Waals surface area contributed by atoms with Crippen molar-refractivity contribution in [3.8, 4) is 0 Å². The van der Waals surface area contributed by atoms with Crippen LogP contribution in [-0.2, 0) is 13.8 Å². The number of para-hydroxylation sites is 1. The Morgan fingerprint density at radius 1 is 1.35 bits per heavy atom. The molecule has 0 saturated carbocycles. The predicted octanol–water partition coefficient (Wildman–Crippen LogP) is 1.67. The Balaban J connectivity index is 2.31. The first-order valence-corrected chi connectivity index (χ1v) is 7.56. The average molecular weight is 274 g/mol. The summed E-state index contributed by atoms with van der Waals surface area (Å²) in [5.41, 5.74) is 1.69. The molecule has 1 saturated heterocycles. The molecule has 0 aliphatic carbocycles. The van der Waals surface area contributed by atoms with Crippen molar-refractivity contribution in [3.63, 3.8) is 0 Å². The maximum absolute atomic E-state index is 11.8. The number of halogens is 1. The largest absolute Gasteiger partial charge is 0.311 e. The summed E-state index contributed by atoms with van der Waals surface area (Å²) in [6, 6.07) is 7.37. The number of hydrogen-bond donors (Lipinski definition) is 0. The van der Waals surface area contributed by atoms with E-state index in [1.54, 1.807) is 6.07 Å². The van der Waals surface area contributed by atoms with E-state index in [0.717, 1.165) is 11.3 Å². The number of carbonyl (C=O) groups excluding carboxylic acids is 1. The Hall–Kier alpha value is -1.07. The lowest BCUT2D eigenvalue weighted by Crippen LogP contribution is -2.27. The molecule has 1 aromatic carbocycles. The Kier molecular flexibility index (Phi) is 3.14. The third-order valence-corrected chi connectivity index (χ3v) is 4.76. The van der Waals surface area contributed by atoms with Crippen LogP contribution in [0.4, 0.5) is 5.69 Å². The lowest BCUT2D eigenvalue weighted by atomic mass is 10.2. The van der Waals surface area contributed by atoms with Gasteiger partial charge in [-0.25, -0.2) is 8.42 Å². The molecule has 1 heterocycles. The minimum absolute atomic E-state index is 0.0415. The Morgan fingerprint density at radius 3 is 2.53 bits per heavy atom. The van der Waals surface area contributed by atoms with E-state index in [9.17, 15) is 13.2 Å². The molecular weight excluding hydrogens is 262 g/mol. The van der Waals surface area contributed by atoms with Crippen molar-refractivity contribution in [1.82, 2.24) is 0 Å². The second-order valence-electron chi connectivity index (χ2n) is 4.09. The quantitative estimate of drug-likeness (QED) is 0.770. The van der Waals surface area contributed by atoms with Gasteiger partial charge in [-0.1, -0.05) is 18.2 Å². The highest BCUT2D eigenvalue weighted by molar-refractivity contribution is 8.14. The molecule has 1 aromatic rings. The Labute approximate surface area is 105 Å². The monoisotopic (exact) mass is 273 g/mol. The molecule has 1 unspecified atom stereocenters. The van der Waals surface area contributed by atoms with Gasteiger partial charge in [-0.05, 0) is 18.6 Å². The normalized spacial score (nSPS) is 20.9. The fourth-order valence-corrected chi connectivity index (χ4v) is 2.99. The van der Waals surface area contributed by atoms with Crippen molar-refractivity contribution in [2.75, 3.05) is 11.4 Å². The number of anilines is 1. The molecule has 1 aliphatic heterocycles. The highest BCUT2D eigenvalue weighted by Crippen LogP contribution is 2.28. The van der Waals surface area contributed by atoms with Crippen LogP contribution in [0.1, 0.15) is 12.0 Å². The van der Waals surface area contributed by atoms with Crippen LogP contribution in [0.25, 0.3) is 0 Å². The Bertz CT molecular complexity index is 556. The van der Waals surface area contributed by atoms with Crippen LogP contribution in [-0.4, -0.2) is 26.1 Å². The molecule has 0 spiro atoms. The van der Waals surface area contributed by atoms with Crippen LogP contribution in [0, 0.1) is 6.92 Å². The third kappa shape index (κ3) is 2.45. The lowest BCUT2D eigenvalue weighted by molar-refractivity contribution is -0.117. The highest BCUT2D eigenvalue weighted by Gasteiger charge is 2.38. The first-order chi connectivity index (χ1) is 7.89. The van der Waals surface area contributed by atoms with Gasteiger partial charge in [-0.15, -0.1) is 0 Å². The summed E-state index contributed by atoms with van der Waals surface area (Å²) in [5, 5.41) is -0.809. The van der Waals surface area contributed by atoms with Crippen molar-refractivity contribution in [2.24, 2.45) is 0 Å². The van der Waals surface area contributed by atoms with E-state index in [4.69, 9.17) is 10.7 Å². The zero-order valence-electron chi connectivity index (χ0n) is 9.26. The minimum Gasteiger partial charge on any atom is -0.311 e. The molecule has 0 aromatic heterocycles. The summed E-state index contributed by atoms with van der Waals surface area (Å²) in [5.74, 6) is -0.200. The van der Waals surface area contributed by atoms with Crippen molar-refractivity contribution >= 4 is 31.3 Å². The molecule has 0 radical (unpaired) electrons. The van der Waals surface area contributed by atoms with Gasteiger partial charge in [0, 0.05) is 29.3 Å². The summed E-state index contributed by atoms with van der Waals surface area (Å²) in [4.78, 5) is 13.3. The van der Waals surface area contributed by atoms with Gasteiger partial charge in [-0.2, -0.15) is 0 Å². The number of aryl methyl sites for hydroxylation is 1. The van der Waals surface area contributed by atoms with Crippen molar-refractivity contribution < 1.29 is 13.2 Å². The highest BCUT2D eigenvalue weighted by atomic mass is 35.7. The molecule has 1 atom stereocenters. The molecule has 17 heavy (non-hydrogen) atoms. The van der Waals surface area contributed by atoms with Gasteiger partial charge >= 0.3 is 0 Å². The van der Waals surface area contributed by atoms with Crippen LogP contribution in [0.15, 0.2) is 24.3 Å². The SMILES string of the molecule is Cc1ccccc1N1CC(S(=O)(=O)Cl)CC1=O. The first kappa shape index (κ1) is 12.4. The van der Waals surface area contributed by atoms with Gasteiger partial charge in [-0.3, -0.25) is 4.79 Å². The average Bonchev–Trinajstić information content (AvgIpc) is 2.61. The molecule has 0 bridgehead atoms. The minimum atomic E-state index is -3.68. The zero-order valence-corrected chi connectivity index (χ0v) is 10.8. The first-order valence-electron chi connectivity index (χ1n) is 5.19. The van der Waals surface area contributed by atoms with Crippen LogP contribution >= 0.6 is 10.7 Å². The second kappa shape index (κ2) is 4.31. The van der Waals surface area contributed by atoms with Crippen LogP contribution in [0.5, 0.6) is 0 Å². The molecule has 1 amide bonds. The smallest absolute Gasteiger partial charge is 0.237 e. The number of rotatable bonds is 2. The van der Waals surface area contributed by atoms with E-state index in [-0.39, 0.29) is 18.9 Å². The topological polar surface area (TPSA) is 54.5 Å². The molecule has 92 valence electrons.